The molecule has 3 rings (SSSR count). The second kappa shape index (κ2) is 8.76. The van der Waals surface area contributed by atoms with Crippen molar-refractivity contribution in [3.8, 4) is 0 Å². The summed E-state index contributed by atoms with van der Waals surface area (Å²) in [4.78, 5) is 23.1. The number of carbonyl (C=O) groups is 1. The molecule has 0 radical (unpaired) electrons. The molecule has 6 heteroatoms. The summed E-state index contributed by atoms with van der Waals surface area (Å²) in [5.74, 6) is 0.0990. The van der Waals surface area contributed by atoms with Crippen molar-refractivity contribution in [3.05, 3.63) is 48.8 Å². The molecule has 0 saturated heterocycles. The monoisotopic (exact) mass is 342 g/mol. The van der Waals surface area contributed by atoms with Gasteiger partial charge >= 0.3 is 0 Å². The molecule has 0 bridgehead atoms. The molecule has 0 aromatic carbocycles. The normalized spacial score (nSPS) is 20.4. The fourth-order valence-electron chi connectivity index (χ4n) is 3.49. The Hall–Kier alpha value is -2.21. The summed E-state index contributed by atoms with van der Waals surface area (Å²) in [6, 6.07) is 3.90. The number of amides is 1. The van der Waals surface area contributed by atoms with E-state index in [1.165, 1.54) is 0 Å². The van der Waals surface area contributed by atoms with Gasteiger partial charge in [0.1, 0.15) is 0 Å². The molecule has 1 aliphatic rings. The van der Waals surface area contributed by atoms with Gasteiger partial charge in [-0.1, -0.05) is 12.5 Å². The van der Waals surface area contributed by atoms with E-state index in [1.54, 1.807) is 18.7 Å². The van der Waals surface area contributed by atoms with Crippen molar-refractivity contribution < 1.29 is 9.90 Å². The first-order chi connectivity index (χ1) is 12.2. The van der Waals surface area contributed by atoms with Gasteiger partial charge in [-0.3, -0.25) is 9.78 Å². The van der Waals surface area contributed by atoms with Crippen molar-refractivity contribution in [2.24, 2.45) is 5.92 Å². The van der Waals surface area contributed by atoms with Gasteiger partial charge in [-0.05, 0) is 37.3 Å². The predicted molar refractivity (Wildman–Crippen MR) is 94.5 cm³/mol. The van der Waals surface area contributed by atoms with E-state index >= 15 is 0 Å². The fourth-order valence-corrected chi connectivity index (χ4v) is 3.49. The Labute approximate surface area is 148 Å². The fraction of sp³-hybridized carbons (Fsp3) is 0.526. The third-order valence-corrected chi connectivity index (χ3v) is 4.81. The molecule has 25 heavy (non-hydrogen) atoms. The number of pyridine rings is 1. The number of hydrogen-bond donors (Lipinski definition) is 1. The Morgan fingerprint density at radius 3 is 2.96 bits per heavy atom. The van der Waals surface area contributed by atoms with Gasteiger partial charge in [-0.25, -0.2) is 4.98 Å². The lowest BCUT2D eigenvalue weighted by atomic mass is 9.86. The summed E-state index contributed by atoms with van der Waals surface area (Å²) >= 11 is 0. The smallest absolute Gasteiger partial charge is 0.226 e. The number of aliphatic hydroxyl groups excluding tert-OH is 1. The van der Waals surface area contributed by atoms with Crippen molar-refractivity contribution in [2.45, 2.75) is 51.3 Å². The lowest BCUT2D eigenvalue weighted by Crippen LogP contribution is -2.39. The number of rotatable bonds is 7. The Kier molecular flexibility index (Phi) is 6.17. The molecule has 0 unspecified atom stereocenters. The van der Waals surface area contributed by atoms with E-state index < -0.39 is 0 Å². The van der Waals surface area contributed by atoms with Gasteiger partial charge in [0.25, 0.3) is 0 Å². The first-order valence-electron chi connectivity index (χ1n) is 9.04. The Bertz CT molecular complexity index is 645. The molecule has 134 valence electrons. The number of imidazole rings is 1. The Morgan fingerprint density at radius 1 is 1.32 bits per heavy atom. The molecule has 0 spiro atoms. The molecule has 1 saturated carbocycles. The number of aromatic nitrogens is 3. The van der Waals surface area contributed by atoms with E-state index in [9.17, 15) is 9.90 Å². The van der Waals surface area contributed by atoms with Crippen molar-refractivity contribution in [3.63, 3.8) is 0 Å². The van der Waals surface area contributed by atoms with Crippen molar-refractivity contribution in [1.82, 2.24) is 19.4 Å². The number of carbonyl (C=O) groups excluding carboxylic acids is 1. The quantitative estimate of drug-likeness (QED) is 0.838. The maximum absolute atomic E-state index is 13.0. The largest absolute Gasteiger partial charge is 0.393 e. The zero-order chi connectivity index (χ0) is 17.5. The third-order valence-electron chi connectivity index (χ3n) is 4.81. The van der Waals surface area contributed by atoms with E-state index in [-0.39, 0.29) is 17.9 Å². The minimum Gasteiger partial charge on any atom is -0.393 e. The minimum atomic E-state index is -0.339. The summed E-state index contributed by atoms with van der Waals surface area (Å²) < 4.78 is 2.02. The molecule has 1 fully saturated rings. The van der Waals surface area contributed by atoms with Crippen molar-refractivity contribution in [1.29, 1.82) is 0 Å². The average molecular weight is 342 g/mol. The number of nitrogens with zero attached hydrogens (tertiary/aromatic N) is 4. The molecule has 6 nitrogen and oxygen atoms in total. The highest BCUT2D eigenvalue weighted by Gasteiger charge is 2.29. The summed E-state index contributed by atoms with van der Waals surface area (Å²) in [5.41, 5.74) is 1.04. The first kappa shape index (κ1) is 17.6. The van der Waals surface area contributed by atoms with Gasteiger partial charge in [-0.15, -0.1) is 0 Å². The van der Waals surface area contributed by atoms with Gasteiger partial charge in [0.05, 0.1) is 12.4 Å². The van der Waals surface area contributed by atoms with Crippen LogP contribution in [0.1, 0.15) is 37.7 Å². The second-order valence-corrected chi connectivity index (χ2v) is 6.79. The molecule has 1 N–H and O–H groups in total. The minimum absolute atomic E-state index is 0.0614. The SMILES string of the molecule is O=C([C@H]1CCC[C@H](O)C1)N(CCCn1ccnc1)Cc1cccnc1. The van der Waals surface area contributed by atoms with Gasteiger partial charge < -0.3 is 14.6 Å². The zero-order valence-electron chi connectivity index (χ0n) is 14.5. The van der Waals surface area contributed by atoms with E-state index in [1.807, 2.05) is 34.0 Å². The van der Waals surface area contributed by atoms with Crippen LogP contribution in [0.2, 0.25) is 0 Å². The third kappa shape index (κ3) is 5.13. The Balaban J connectivity index is 1.63. The molecular formula is C19H26N4O2. The lowest BCUT2D eigenvalue weighted by Gasteiger charge is -2.31. The van der Waals surface area contributed by atoms with E-state index in [2.05, 4.69) is 9.97 Å². The number of aryl methyl sites for hydroxylation is 1. The molecule has 2 heterocycles. The van der Waals surface area contributed by atoms with Crippen LogP contribution in [-0.2, 0) is 17.9 Å². The van der Waals surface area contributed by atoms with Crippen LogP contribution in [0.5, 0.6) is 0 Å². The van der Waals surface area contributed by atoms with Crippen LogP contribution in [0.15, 0.2) is 43.2 Å². The van der Waals surface area contributed by atoms with Crippen LogP contribution < -0.4 is 0 Å². The maximum atomic E-state index is 13.0. The predicted octanol–water partition coefficient (Wildman–Crippen LogP) is 2.25. The molecule has 1 amide bonds. The van der Waals surface area contributed by atoms with Crippen LogP contribution >= 0.6 is 0 Å². The van der Waals surface area contributed by atoms with Gasteiger partial charge in [-0.2, -0.15) is 0 Å². The topological polar surface area (TPSA) is 71.2 Å². The lowest BCUT2D eigenvalue weighted by molar-refractivity contribution is -0.138. The van der Waals surface area contributed by atoms with E-state index in [0.717, 1.165) is 37.8 Å². The molecule has 0 aliphatic heterocycles. The highest BCUT2D eigenvalue weighted by atomic mass is 16.3. The van der Waals surface area contributed by atoms with Gasteiger partial charge in [0.15, 0.2) is 0 Å². The zero-order valence-corrected chi connectivity index (χ0v) is 14.5. The number of aliphatic hydroxyl groups is 1. The van der Waals surface area contributed by atoms with Crippen LogP contribution in [0.3, 0.4) is 0 Å². The van der Waals surface area contributed by atoms with E-state index in [0.29, 0.717) is 19.5 Å². The van der Waals surface area contributed by atoms with Gasteiger partial charge in [0, 0.05) is 50.3 Å². The summed E-state index contributed by atoms with van der Waals surface area (Å²) in [6.07, 6.45) is 12.8. The molecule has 1 aliphatic carbocycles. The van der Waals surface area contributed by atoms with Crippen LogP contribution in [-0.4, -0.2) is 43.1 Å². The van der Waals surface area contributed by atoms with Crippen molar-refractivity contribution >= 4 is 5.91 Å². The highest BCUT2D eigenvalue weighted by molar-refractivity contribution is 5.79. The molecule has 2 atom stereocenters. The van der Waals surface area contributed by atoms with Crippen LogP contribution in [0.25, 0.3) is 0 Å². The molecule has 2 aromatic heterocycles. The standard InChI is InChI=1S/C19H26N4O2/c24-18-6-1-5-17(12-18)19(25)23(14-16-4-2-7-20-13-16)10-3-9-22-11-8-21-15-22/h2,4,7-8,11,13,15,17-18,24H,1,3,5-6,9-10,12,14H2/t17-,18-/m0/s1. The van der Waals surface area contributed by atoms with Crippen LogP contribution in [0.4, 0.5) is 0 Å². The van der Waals surface area contributed by atoms with Crippen molar-refractivity contribution in [2.75, 3.05) is 6.54 Å². The maximum Gasteiger partial charge on any atom is 0.226 e. The summed E-state index contributed by atoms with van der Waals surface area (Å²) in [5, 5.41) is 9.91. The molecular weight excluding hydrogens is 316 g/mol. The Morgan fingerprint density at radius 2 is 2.24 bits per heavy atom. The first-order valence-corrected chi connectivity index (χ1v) is 9.04. The van der Waals surface area contributed by atoms with Crippen LogP contribution in [0, 0.1) is 5.92 Å². The van der Waals surface area contributed by atoms with E-state index in [4.69, 9.17) is 0 Å². The van der Waals surface area contributed by atoms with Gasteiger partial charge in [0.2, 0.25) is 5.91 Å². The number of hydrogen-bond acceptors (Lipinski definition) is 4. The summed E-state index contributed by atoms with van der Waals surface area (Å²) in [7, 11) is 0. The highest BCUT2D eigenvalue weighted by Crippen LogP contribution is 2.26. The molecule has 2 aromatic rings. The summed E-state index contributed by atoms with van der Waals surface area (Å²) in [6.45, 7) is 2.10. The second-order valence-electron chi connectivity index (χ2n) is 6.79. The average Bonchev–Trinajstić information content (AvgIpc) is 3.14.